The molecule has 0 fully saturated rings. The van der Waals surface area contributed by atoms with Gasteiger partial charge in [-0.25, -0.2) is 0 Å². The monoisotopic (exact) mass is 319 g/mol. The first-order valence-corrected chi connectivity index (χ1v) is 7.43. The summed E-state index contributed by atoms with van der Waals surface area (Å²) in [7, 11) is 1.94. The second kappa shape index (κ2) is 5.68. The molecule has 0 amide bonds. The molecule has 3 nitrogen and oxygen atoms in total. The molecule has 0 radical (unpaired) electrons. The molecule has 0 saturated carbocycles. The maximum Gasteiger partial charge on any atom is 0.0722 e. The van der Waals surface area contributed by atoms with Crippen molar-refractivity contribution in [3.63, 3.8) is 0 Å². The van der Waals surface area contributed by atoms with Gasteiger partial charge >= 0.3 is 0 Å². The summed E-state index contributed by atoms with van der Waals surface area (Å²) >= 11 is 12.1. The number of hydrogen-bond acceptors (Lipinski definition) is 2. The minimum Gasteiger partial charge on any atom is -0.324 e. The molecule has 3 rings (SSSR count). The van der Waals surface area contributed by atoms with E-state index >= 15 is 0 Å². The van der Waals surface area contributed by atoms with Crippen LogP contribution in [0.15, 0.2) is 42.5 Å². The molecule has 2 N–H and O–H groups in total. The van der Waals surface area contributed by atoms with Crippen molar-refractivity contribution < 1.29 is 0 Å². The Kier molecular flexibility index (Phi) is 3.89. The lowest BCUT2D eigenvalue weighted by molar-refractivity contribution is 0.682. The van der Waals surface area contributed by atoms with Crippen LogP contribution in [0, 0.1) is 0 Å². The Morgan fingerprint density at radius 1 is 1.19 bits per heavy atom. The van der Waals surface area contributed by atoms with E-state index in [1.165, 1.54) is 0 Å². The molecule has 1 aromatic heterocycles. The lowest BCUT2D eigenvalue weighted by Crippen LogP contribution is -2.14. The van der Waals surface area contributed by atoms with Crippen LogP contribution in [-0.2, 0) is 13.5 Å². The highest BCUT2D eigenvalue weighted by molar-refractivity contribution is 6.35. The third-order valence-electron chi connectivity index (χ3n) is 3.61. The lowest BCUT2D eigenvalue weighted by atomic mass is 10.0. The van der Waals surface area contributed by atoms with Gasteiger partial charge in [-0.3, -0.25) is 4.68 Å². The Hall–Kier alpha value is -1.55. The van der Waals surface area contributed by atoms with Crippen molar-refractivity contribution in [3.8, 4) is 0 Å². The largest absolute Gasteiger partial charge is 0.324 e. The fourth-order valence-electron chi connectivity index (χ4n) is 2.56. The predicted octanol–water partition coefficient (Wildman–Crippen LogP) is 4.12. The molecule has 0 spiro atoms. The molecule has 1 heterocycles. The van der Waals surface area contributed by atoms with Gasteiger partial charge in [-0.05, 0) is 23.8 Å². The summed E-state index contributed by atoms with van der Waals surface area (Å²) in [6.45, 7) is 0. The van der Waals surface area contributed by atoms with Crippen molar-refractivity contribution in [1.29, 1.82) is 0 Å². The van der Waals surface area contributed by atoms with Gasteiger partial charge in [-0.1, -0.05) is 47.5 Å². The highest BCUT2D eigenvalue weighted by Gasteiger charge is 2.15. The predicted molar refractivity (Wildman–Crippen MR) is 87.8 cm³/mol. The van der Waals surface area contributed by atoms with E-state index in [0.717, 1.165) is 22.2 Å². The zero-order valence-corrected chi connectivity index (χ0v) is 13.1. The summed E-state index contributed by atoms with van der Waals surface area (Å²) < 4.78 is 1.88. The van der Waals surface area contributed by atoms with E-state index in [1.54, 1.807) is 12.1 Å². The van der Waals surface area contributed by atoms with E-state index in [-0.39, 0.29) is 6.04 Å². The van der Waals surface area contributed by atoms with E-state index in [0.29, 0.717) is 16.5 Å². The van der Waals surface area contributed by atoms with Gasteiger partial charge in [0.05, 0.1) is 11.2 Å². The first-order valence-electron chi connectivity index (χ1n) is 6.67. The number of para-hydroxylation sites is 1. The molecule has 2 aromatic carbocycles. The Balaban J connectivity index is 1.94. The number of rotatable bonds is 3. The molecule has 108 valence electrons. The minimum atomic E-state index is -0.215. The van der Waals surface area contributed by atoms with Crippen molar-refractivity contribution in [1.82, 2.24) is 9.78 Å². The third-order valence-corrected chi connectivity index (χ3v) is 4.17. The van der Waals surface area contributed by atoms with Gasteiger partial charge in [0, 0.05) is 34.9 Å². The highest BCUT2D eigenvalue weighted by Crippen LogP contribution is 2.28. The number of benzene rings is 2. The molecule has 0 aliphatic heterocycles. The van der Waals surface area contributed by atoms with Crippen LogP contribution >= 0.6 is 23.2 Å². The summed E-state index contributed by atoms with van der Waals surface area (Å²) in [5, 5.41) is 6.90. The number of aryl methyl sites for hydroxylation is 1. The van der Waals surface area contributed by atoms with Gasteiger partial charge in [0.2, 0.25) is 0 Å². The third kappa shape index (κ3) is 2.77. The van der Waals surface area contributed by atoms with Crippen LogP contribution in [0.3, 0.4) is 0 Å². The van der Waals surface area contributed by atoms with E-state index < -0.39 is 0 Å². The highest BCUT2D eigenvalue weighted by atomic mass is 35.5. The van der Waals surface area contributed by atoms with Gasteiger partial charge in [0.15, 0.2) is 0 Å². The molecule has 5 heteroatoms. The summed E-state index contributed by atoms with van der Waals surface area (Å²) in [6, 6.07) is 13.3. The van der Waals surface area contributed by atoms with Gasteiger partial charge in [0.25, 0.3) is 0 Å². The SMILES string of the molecule is Cn1nc(CC(N)c2ccc(Cl)cc2Cl)c2ccccc21. The molecule has 1 atom stereocenters. The normalized spacial score (nSPS) is 12.8. The maximum absolute atomic E-state index is 6.30. The summed E-state index contributed by atoms with van der Waals surface area (Å²) in [5.41, 5.74) is 9.26. The fraction of sp³-hybridized carbons (Fsp3) is 0.188. The average molecular weight is 320 g/mol. The lowest BCUT2D eigenvalue weighted by Gasteiger charge is -2.13. The molecule has 3 aromatic rings. The second-order valence-electron chi connectivity index (χ2n) is 5.06. The average Bonchev–Trinajstić information content (AvgIpc) is 2.76. The van der Waals surface area contributed by atoms with Crippen LogP contribution in [0.25, 0.3) is 10.9 Å². The summed E-state index contributed by atoms with van der Waals surface area (Å²) in [4.78, 5) is 0. The Morgan fingerprint density at radius 3 is 2.71 bits per heavy atom. The number of nitrogens with two attached hydrogens (primary N) is 1. The molecule has 21 heavy (non-hydrogen) atoms. The fourth-order valence-corrected chi connectivity index (χ4v) is 3.11. The standard InChI is InChI=1S/C16H15Cl2N3/c1-21-16-5-3-2-4-12(16)15(20-21)9-14(19)11-7-6-10(17)8-13(11)18/h2-8,14H,9,19H2,1H3. The van der Waals surface area contributed by atoms with E-state index in [2.05, 4.69) is 11.2 Å². The van der Waals surface area contributed by atoms with Crippen molar-refractivity contribution in [2.24, 2.45) is 12.8 Å². The zero-order chi connectivity index (χ0) is 15.0. The summed E-state index contributed by atoms with van der Waals surface area (Å²) in [5.74, 6) is 0. The number of fused-ring (bicyclic) bond motifs is 1. The van der Waals surface area contributed by atoms with Crippen LogP contribution in [0.1, 0.15) is 17.3 Å². The molecule has 0 saturated heterocycles. The smallest absolute Gasteiger partial charge is 0.0722 e. The molecular weight excluding hydrogens is 305 g/mol. The Labute approximate surface area is 133 Å². The van der Waals surface area contributed by atoms with Crippen molar-refractivity contribution in [3.05, 3.63) is 63.8 Å². The first-order chi connectivity index (χ1) is 10.1. The quantitative estimate of drug-likeness (QED) is 0.789. The van der Waals surface area contributed by atoms with Crippen LogP contribution in [-0.4, -0.2) is 9.78 Å². The summed E-state index contributed by atoms with van der Waals surface area (Å²) in [6.07, 6.45) is 0.628. The molecular formula is C16H15Cl2N3. The number of nitrogens with zero attached hydrogens (tertiary/aromatic N) is 2. The van der Waals surface area contributed by atoms with Gasteiger partial charge < -0.3 is 5.73 Å². The number of halogens is 2. The van der Waals surface area contributed by atoms with Crippen LogP contribution in [0.5, 0.6) is 0 Å². The number of hydrogen-bond donors (Lipinski definition) is 1. The number of aromatic nitrogens is 2. The maximum atomic E-state index is 6.30. The van der Waals surface area contributed by atoms with Gasteiger partial charge in [0.1, 0.15) is 0 Å². The molecule has 0 bridgehead atoms. The zero-order valence-electron chi connectivity index (χ0n) is 11.6. The molecule has 0 aliphatic carbocycles. The van der Waals surface area contributed by atoms with Crippen LogP contribution < -0.4 is 5.73 Å². The van der Waals surface area contributed by atoms with E-state index in [4.69, 9.17) is 28.9 Å². The van der Waals surface area contributed by atoms with Crippen molar-refractivity contribution >= 4 is 34.1 Å². The molecule has 0 aliphatic rings. The molecule has 1 unspecified atom stereocenters. The van der Waals surface area contributed by atoms with Gasteiger partial charge in [-0.2, -0.15) is 5.10 Å². The van der Waals surface area contributed by atoms with E-state index in [9.17, 15) is 0 Å². The topological polar surface area (TPSA) is 43.8 Å². The second-order valence-corrected chi connectivity index (χ2v) is 5.91. The van der Waals surface area contributed by atoms with Crippen molar-refractivity contribution in [2.45, 2.75) is 12.5 Å². The Morgan fingerprint density at radius 2 is 1.95 bits per heavy atom. The minimum absolute atomic E-state index is 0.215. The van der Waals surface area contributed by atoms with Crippen LogP contribution in [0.4, 0.5) is 0 Å². The van der Waals surface area contributed by atoms with E-state index in [1.807, 2.05) is 36.0 Å². The van der Waals surface area contributed by atoms with Crippen LogP contribution in [0.2, 0.25) is 10.0 Å². The first kappa shape index (κ1) is 14.4. The van der Waals surface area contributed by atoms with Crippen molar-refractivity contribution in [2.75, 3.05) is 0 Å². The van der Waals surface area contributed by atoms with Gasteiger partial charge in [-0.15, -0.1) is 0 Å². The Bertz CT molecular complexity index is 795.